The van der Waals surface area contributed by atoms with E-state index in [-0.39, 0.29) is 18.0 Å². The third-order valence-electron chi connectivity index (χ3n) is 4.91. The summed E-state index contributed by atoms with van der Waals surface area (Å²) < 4.78 is 0. The SMILES string of the molecule is C[C@@H](CC1CCCCC1)NC(=O)N1CCC(C(=O)O)CC1. The zero-order valence-corrected chi connectivity index (χ0v) is 13.0. The molecule has 0 spiro atoms. The van der Waals surface area contributed by atoms with Crippen LogP contribution < -0.4 is 5.32 Å². The number of hydrogen-bond donors (Lipinski definition) is 2. The van der Waals surface area contributed by atoms with Crippen LogP contribution >= 0.6 is 0 Å². The minimum atomic E-state index is -0.735. The predicted molar refractivity (Wildman–Crippen MR) is 81.1 cm³/mol. The molecule has 2 aliphatic rings. The fraction of sp³-hybridized carbons (Fsp3) is 0.875. The normalized spacial score (nSPS) is 22.8. The molecule has 21 heavy (non-hydrogen) atoms. The van der Waals surface area contributed by atoms with E-state index < -0.39 is 5.97 Å². The number of aliphatic carboxylic acids is 1. The van der Waals surface area contributed by atoms with Crippen molar-refractivity contribution in [2.75, 3.05) is 13.1 Å². The first-order valence-corrected chi connectivity index (χ1v) is 8.34. The highest BCUT2D eigenvalue weighted by Crippen LogP contribution is 2.27. The number of carbonyl (C=O) groups is 2. The van der Waals surface area contributed by atoms with Crippen molar-refractivity contribution in [3.8, 4) is 0 Å². The summed E-state index contributed by atoms with van der Waals surface area (Å²) in [4.78, 5) is 24.9. The molecule has 1 aliphatic carbocycles. The van der Waals surface area contributed by atoms with Crippen LogP contribution in [0.5, 0.6) is 0 Å². The molecule has 0 aromatic rings. The largest absolute Gasteiger partial charge is 0.481 e. The lowest BCUT2D eigenvalue weighted by atomic mass is 9.85. The number of carboxylic acids is 1. The second-order valence-electron chi connectivity index (χ2n) is 6.69. The number of likely N-dealkylation sites (tertiary alicyclic amines) is 1. The Morgan fingerprint density at radius 3 is 2.33 bits per heavy atom. The van der Waals surface area contributed by atoms with Crippen LogP contribution in [-0.4, -0.2) is 41.1 Å². The molecule has 2 N–H and O–H groups in total. The van der Waals surface area contributed by atoms with E-state index in [2.05, 4.69) is 12.2 Å². The van der Waals surface area contributed by atoms with Gasteiger partial charge in [0, 0.05) is 19.1 Å². The van der Waals surface area contributed by atoms with Gasteiger partial charge in [-0.05, 0) is 32.1 Å². The quantitative estimate of drug-likeness (QED) is 0.838. The molecule has 1 saturated carbocycles. The molecule has 0 radical (unpaired) electrons. The van der Waals surface area contributed by atoms with Gasteiger partial charge in [0.25, 0.3) is 0 Å². The molecule has 0 aromatic heterocycles. The minimum Gasteiger partial charge on any atom is -0.481 e. The number of nitrogens with zero attached hydrogens (tertiary/aromatic N) is 1. The Hall–Kier alpha value is -1.26. The van der Waals surface area contributed by atoms with E-state index in [0.717, 1.165) is 12.3 Å². The van der Waals surface area contributed by atoms with Gasteiger partial charge in [0.15, 0.2) is 0 Å². The molecule has 120 valence electrons. The predicted octanol–water partition coefficient (Wildman–Crippen LogP) is 2.85. The zero-order valence-electron chi connectivity index (χ0n) is 13.0. The van der Waals surface area contributed by atoms with Crippen molar-refractivity contribution < 1.29 is 14.7 Å². The maximum atomic E-state index is 12.2. The Bertz CT molecular complexity index is 359. The van der Waals surface area contributed by atoms with Crippen molar-refractivity contribution in [3.05, 3.63) is 0 Å². The van der Waals surface area contributed by atoms with Crippen molar-refractivity contribution in [1.29, 1.82) is 0 Å². The third kappa shape index (κ3) is 4.90. The van der Waals surface area contributed by atoms with Crippen LogP contribution in [0.3, 0.4) is 0 Å². The van der Waals surface area contributed by atoms with Gasteiger partial charge in [-0.1, -0.05) is 32.1 Å². The number of urea groups is 1. The molecule has 0 unspecified atom stereocenters. The van der Waals surface area contributed by atoms with Gasteiger partial charge in [0.1, 0.15) is 0 Å². The molecule has 2 amide bonds. The van der Waals surface area contributed by atoms with Gasteiger partial charge in [-0.25, -0.2) is 4.79 Å². The van der Waals surface area contributed by atoms with E-state index >= 15 is 0 Å². The van der Waals surface area contributed by atoms with Crippen LogP contribution in [0.4, 0.5) is 4.79 Å². The van der Waals surface area contributed by atoms with Gasteiger partial charge in [0.2, 0.25) is 0 Å². The molecule has 0 aromatic carbocycles. The molecule has 2 fully saturated rings. The summed E-state index contributed by atoms with van der Waals surface area (Å²) in [6.07, 6.45) is 8.81. The standard InChI is InChI=1S/C16H28N2O3/c1-12(11-13-5-3-2-4-6-13)17-16(21)18-9-7-14(8-10-18)15(19)20/h12-14H,2-11H2,1H3,(H,17,21)(H,19,20)/t12-/m0/s1. The Kier molecular flexibility index (Phi) is 5.88. The van der Waals surface area contributed by atoms with Crippen LogP contribution in [0.15, 0.2) is 0 Å². The van der Waals surface area contributed by atoms with E-state index in [0.29, 0.717) is 25.9 Å². The first-order valence-electron chi connectivity index (χ1n) is 8.34. The number of piperidine rings is 1. The average Bonchev–Trinajstić information content (AvgIpc) is 2.48. The van der Waals surface area contributed by atoms with Crippen molar-refractivity contribution in [2.24, 2.45) is 11.8 Å². The summed E-state index contributed by atoms with van der Waals surface area (Å²) in [6, 6.07) is 0.181. The number of amides is 2. The molecular weight excluding hydrogens is 268 g/mol. The molecule has 1 saturated heterocycles. The topological polar surface area (TPSA) is 69.6 Å². The first kappa shape index (κ1) is 16.1. The van der Waals surface area contributed by atoms with Gasteiger partial charge in [-0.15, -0.1) is 0 Å². The summed E-state index contributed by atoms with van der Waals surface area (Å²) in [5, 5.41) is 12.1. The number of carboxylic acid groups (broad SMARTS) is 1. The summed E-state index contributed by atoms with van der Waals surface area (Å²) in [5.41, 5.74) is 0. The van der Waals surface area contributed by atoms with E-state index in [9.17, 15) is 9.59 Å². The second-order valence-corrected chi connectivity index (χ2v) is 6.69. The molecule has 5 nitrogen and oxygen atoms in total. The Morgan fingerprint density at radius 1 is 1.14 bits per heavy atom. The maximum absolute atomic E-state index is 12.2. The van der Waals surface area contributed by atoms with Crippen molar-refractivity contribution >= 4 is 12.0 Å². The zero-order chi connectivity index (χ0) is 15.2. The highest BCUT2D eigenvalue weighted by Gasteiger charge is 2.27. The van der Waals surface area contributed by atoms with E-state index in [1.165, 1.54) is 32.1 Å². The van der Waals surface area contributed by atoms with Crippen LogP contribution in [0.1, 0.15) is 58.3 Å². The molecule has 1 aliphatic heterocycles. The van der Waals surface area contributed by atoms with E-state index in [4.69, 9.17) is 5.11 Å². The molecule has 5 heteroatoms. The maximum Gasteiger partial charge on any atom is 0.317 e. The lowest BCUT2D eigenvalue weighted by molar-refractivity contribution is -0.143. The molecule has 1 heterocycles. The molecular formula is C16H28N2O3. The Morgan fingerprint density at radius 2 is 1.76 bits per heavy atom. The van der Waals surface area contributed by atoms with Crippen molar-refractivity contribution in [3.63, 3.8) is 0 Å². The third-order valence-corrected chi connectivity index (χ3v) is 4.91. The summed E-state index contributed by atoms with van der Waals surface area (Å²) in [5.74, 6) is -0.263. The molecule has 0 bridgehead atoms. The Balaban J connectivity index is 1.70. The average molecular weight is 296 g/mol. The van der Waals surface area contributed by atoms with Gasteiger partial charge in [-0.3, -0.25) is 4.79 Å². The van der Waals surface area contributed by atoms with Crippen LogP contribution in [0.25, 0.3) is 0 Å². The summed E-state index contributed by atoms with van der Waals surface area (Å²) in [6.45, 7) is 3.19. The van der Waals surface area contributed by atoms with Crippen LogP contribution in [0, 0.1) is 11.8 Å². The van der Waals surface area contributed by atoms with Gasteiger partial charge in [-0.2, -0.15) is 0 Å². The fourth-order valence-electron chi connectivity index (χ4n) is 3.61. The highest BCUT2D eigenvalue weighted by atomic mass is 16.4. The van der Waals surface area contributed by atoms with Crippen LogP contribution in [0.2, 0.25) is 0 Å². The first-order chi connectivity index (χ1) is 10.1. The second kappa shape index (κ2) is 7.66. The number of nitrogens with one attached hydrogen (secondary N) is 1. The highest BCUT2D eigenvalue weighted by molar-refractivity contribution is 5.75. The van der Waals surface area contributed by atoms with E-state index in [1.54, 1.807) is 4.90 Å². The fourth-order valence-corrected chi connectivity index (χ4v) is 3.61. The van der Waals surface area contributed by atoms with Crippen LogP contribution in [-0.2, 0) is 4.79 Å². The number of carbonyl (C=O) groups excluding carboxylic acids is 1. The monoisotopic (exact) mass is 296 g/mol. The lowest BCUT2D eigenvalue weighted by Gasteiger charge is -2.32. The summed E-state index contributed by atoms with van der Waals surface area (Å²) in [7, 11) is 0. The molecule has 2 rings (SSSR count). The summed E-state index contributed by atoms with van der Waals surface area (Å²) >= 11 is 0. The smallest absolute Gasteiger partial charge is 0.317 e. The lowest BCUT2D eigenvalue weighted by Crippen LogP contribution is -2.48. The van der Waals surface area contributed by atoms with Gasteiger partial charge in [0.05, 0.1) is 5.92 Å². The van der Waals surface area contributed by atoms with Gasteiger partial charge >= 0.3 is 12.0 Å². The van der Waals surface area contributed by atoms with Crippen molar-refractivity contribution in [2.45, 2.75) is 64.3 Å². The number of hydrogen-bond acceptors (Lipinski definition) is 2. The van der Waals surface area contributed by atoms with Gasteiger partial charge < -0.3 is 15.3 Å². The molecule has 1 atom stereocenters. The van der Waals surface area contributed by atoms with E-state index in [1.807, 2.05) is 0 Å². The Labute approximate surface area is 127 Å². The number of rotatable bonds is 4. The van der Waals surface area contributed by atoms with Crippen molar-refractivity contribution in [1.82, 2.24) is 10.2 Å². The minimum absolute atomic E-state index is 0.0258.